The molecule has 0 aromatic heterocycles. The van der Waals surface area contributed by atoms with Gasteiger partial charge in [-0.15, -0.1) is 0 Å². The summed E-state index contributed by atoms with van der Waals surface area (Å²) in [6.45, 7) is 1.81. The van der Waals surface area contributed by atoms with E-state index in [9.17, 15) is 9.59 Å². The minimum atomic E-state index is -0.247. The number of rotatable bonds is 6. The molecular weight excluding hydrogens is 340 g/mol. The Hall–Kier alpha value is -3.60. The Morgan fingerprint density at radius 2 is 1.59 bits per heavy atom. The molecule has 5 heteroatoms. The summed E-state index contributed by atoms with van der Waals surface area (Å²) in [4.78, 5) is 24.3. The number of ether oxygens (including phenoxy) is 1. The molecule has 0 radical (unpaired) electrons. The zero-order valence-electron chi connectivity index (χ0n) is 14.9. The van der Waals surface area contributed by atoms with Gasteiger partial charge < -0.3 is 15.4 Å². The first-order chi connectivity index (χ1) is 13.1. The fraction of sp³-hybridized carbons (Fsp3) is 0.0909. The molecule has 0 heterocycles. The number of hydrogen-bond donors (Lipinski definition) is 2. The lowest BCUT2D eigenvalue weighted by Crippen LogP contribution is -2.20. The lowest BCUT2D eigenvalue weighted by Gasteiger charge is -2.11. The van der Waals surface area contributed by atoms with Crippen LogP contribution in [0.5, 0.6) is 5.75 Å². The van der Waals surface area contributed by atoms with Crippen LogP contribution in [0.2, 0.25) is 0 Å². The Kier molecular flexibility index (Phi) is 5.84. The summed E-state index contributed by atoms with van der Waals surface area (Å²) in [5.74, 6) is 0.0499. The number of aryl methyl sites for hydroxylation is 1. The number of amides is 2. The number of carbonyl (C=O) groups excluding carboxylic acids is 2. The molecular formula is C22H20N2O3. The minimum absolute atomic E-state index is 0.121. The predicted octanol–water partition coefficient (Wildman–Crippen LogP) is 4.26. The van der Waals surface area contributed by atoms with Crippen molar-refractivity contribution in [1.82, 2.24) is 0 Å². The van der Waals surface area contributed by atoms with Crippen molar-refractivity contribution in [2.75, 3.05) is 17.2 Å². The van der Waals surface area contributed by atoms with Gasteiger partial charge in [0, 0.05) is 23.0 Å². The molecule has 0 spiro atoms. The third-order valence-corrected chi connectivity index (χ3v) is 3.92. The van der Waals surface area contributed by atoms with Crippen LogP contribution in [0.25, 0.3) is 0 Å². The van der Waals surface area contributed by atoms with Gasteiger partial charge in [-0.1, -0.05) is 42.5 Å². The maximum absolute atomic E-state index is 12.2. The normalized spacial score (nSPS) is 10.1. The summed E-state index contributed by atoms with van der Waals surface area (Å²) < 4.78 is 5.54. The monoisotopic (exact) mass is 360 g/mol. The Bertz CT molecular complexity index is 939. The van der Waals surface area contributed by atoms with Crippen LogP contribution in [0, 0.1) is 6.92 Å². The van der Waals surface area contributed by atoms with Crippen LogP contribution in [-0.4, -0.2) is 18.4 Å². The van der Waals surface area contributed by atoms with Gasteiger partial charge in [-0.05, 0) is 42.8 Å². The summed E-state index contributed by atoms with van der Waals surface area (Å²) in [7, 11) is 0. The van der Waals surface area contributed by atoms with Gasteiger partial charge in [0.15, 0.2) is 6.61 Å². The highest BCUT2D eigenvalue weighted by Crippen LogP contribution is 2.18. The van der Waals surface area contributed by atoms with E-state index in [2.05, 4.69) is 10.6 Å². The highest BCUT2D eigenvalue weighted by molar-refractivity contribution is 6.04. The maximum atomic E-state index is 12.2. The largest absolute Gasteiger partial charge is 0.484 e. The van der Waals surface area contributed by atoms with E-state index in [0.29, 0.717) is 17.0 Å². The molecule has 0 saturated carbocycles. The van der Waals surface area contributed by atoms with Crippen LogP contribution in [0.3, 0.4) is 0 Å². The lowest BCUT2D eigenvalue weighted by atomic mass is 10.2. The van der Waals surface area contributed by atoms with E-state index in [1.54, 1.807) is 36.4 Å². The van der Waals surface area contributed by atoms with Crippen molar-refractivity contribution in [3.63, 3.8) is 0 Å². The molecule has 0 saturated heterocycles. The molecule has 2 amide bonds. The lowest BCUT2D eigenvalue weighted by molar-refractivity contribution is -0.118. The average molecular weight is 360 g/mol. The summed E-state index contributed by atoms with van der Waals surface area (Å²) >= 11 is 0. The predicted molar refractivity (Wildman–Crippen MR) is 106 cm³/mol. The summed E-state index contributed by atoms with van der Waals surface area (Å²) in [6, 6.07) is 23.4. The second-order valence-electron chi connectivity index (χ2n) is 6.00. The van der Waals surface area contributed by atoms with Crippen molar-refractivity contribution in [2.24, 2.45) is 0 Å². The van der Waals surface area contributed by atoms with E-state index in [-0.39, 0.29) is 18.4 Å². The fourth-order valence-corrected chi connectivity index (χ4v) is 2.50. The van der Waals surface area contributed by atoms with Crippen molar-refractivity contribution >= 4 is 23.2 Å². The fourth-order valence-electron chi connectivity index (χ4n) is 2.50. The number of hydrogen-bond acceptors (Lipinski definition) is 3. The van der Waals surface area contributed by atoms with Gasteiger partial charge in [0.2, 0.25) is 0 Å². The molecule has 3 rings (SSSR count). The molecule has 3 aromatic rings. The first-order valence-electron chi connectivity index (χ1n) is 8.56. The minimum Gasteiger partial charge on any atom is -0.484 e. The molecule has 0 bridgehead atoms. The second-order valence-corrected chi connectivity index (χ2v) is 6.00. The van der Waals surface area contributed by atoms with E-state index in [1.165, 1.54) is 0 Å². The average Bonchev–Trinajstić information content (AvgIpc) is 2.69. The van der Waals surface area contributed by atoms with Crippen LogP contribution in [0.1, 0.15) is 15.9 Å². The Morgan fingerprint density at radius 1 is 0.852 bits per heavy atom. The van der Waals surface area contributed by atoms with Crippen molar-refractivity contribution in [3.8, 4) is 5.75 Å². The van der Waals surface area contributed by atoms with Gasteiger partial charge >= 0.3 is 0 Å². The van der Waals surface area contributed by atoms with Crippen molar-refractivity contribution in [3.05, 3.63) is 90.0 Å². The standard InChI is InChI=1S/C22H20N2O3/c1-16-8-5-6-13-20(16)24-21(25)15-27-19-12-7-11-18(14-19)23-22(26)17-9-3-2-4-10-17/h2-14H,15H2,1H3,(H,23,26)(H,24,25). The van der Waals surface area contributed by atoms with E-state index in [0.717, 1.165) is 11.3 Å². The summed E-state index contributed by atoms with van der Waals surface area (Å²) in [6.07, 6.45) is 0. The van der Waals surface area contributed by atoms with Gasteiger partial charge in [-0.3, -0.25) is 9.59 Å². The van der Waals surface area contributed by atoms with Crippen molar-refractivity contribution in [2.45, 2.75) is 6.92 Å². The Balaban J connectivity index is 1.57. The highest BCUT2D eigenvalue weighted by atomic mass is 16.5. The second kappa shape index (κ2) is 8.67. The van der Waals surface area contributed by atoms with Crippen LogP contribution in [0.4, 0.5) is 11.4 Å². The molecule has 0 atom stereocenters. The van der Waals surface area contributed by atoms with Gasteiger partial charge in [0.05, 0.1) is 0 Å². The summed E-state index contributed by atoms with van der Waals surface area (Å²) in [5.41, 5.74) is 2.91. The van der Waals surface area contributed by atoms with Crippen molar-refractivity contribution in [1.29, 1.82) is 0 Å². The van der Waals surface area contributed by atoms with Gasteiger partial charge in [-0.25, -0.2) is 0 Å². The molecule has 136 valence electrons. The molecule has 0 aliphatic rings. The SMILES string of the molecule is Cc1ccccc1NC(=O)COc1cccc(NC(=O)c2ccccc2)c1. The smallest absolute Gasteiger partial charge is 0.262 e. The third-order valence-electron chi connectivity index (χ3n) is 3.92. The number of anilines is 2. The van der Waals surface area contributed by atoms with E-state index >= 15 is 0 Å². The molecule has 3 aromatic carbocycles. The Labute approximate surface area is 158 Å². The van der Waals surface area contributed by atoms with Gasteiger partial charge in [0.1, 0.15) is 5.75 Å². The first kappa shape index (κ1) is 18.2. The number of benzene rings is 3. The molecule has 5 nitrogen and oxygen atoms in total. The van der Waals surface area contributed by atoms with Crippen molar-refractivity contribution < 1.29 is 14.3 Å². The topological polar surface area (TPSA) is 67.4 Å². The van der Waals surface area contributed by atoms with Gasteiger partial charge in [0.25, 0.3) is 11.8 Å². The maximum Gasteiger partial charge on any atom is 0.262 e. The first-order valence-corrected chi connectivity index (χ1v) is 8.56. The molecule has 0 aliphatic carbocycles. The molecule has 0 unspecified atom stereocenters. The van der Waals surface area contributed by atoms with Crippen LogP contribution in [-0.2, 0) is 4.79 Å². The number of nitrogens with one attached hydrogen (secondary N) is 2. The molecule has 0 fully saturated rings. The van der Waals surface area contributed by atoms with E-state index < -0.39 is 0 Å². The van der Waals surface area contributed by atoms with E-state index in [1.807, 2.05) is 49.4 Å². The highest BCUT2D eigenvalue weighted by Gasteiger charge is 2.08. The summed E-state index contributed by atoms with van der Waals surface area (Å²) in [5, 5.41) is 5.63. The van der Waals surface area contributed by atoms with Crippen LogP contribution < -0.4 is 15.4 Å². The van der Waals surface area contributed by atoms with Crippen LogP contribution >= 0.6 is 0 Å². The third kappa shape index (κ3) is 5.19. The molecule has 27 heavy (non-hydrogen) atoms. The molecule has 2 N–H and O–H groups in total. The zero-order chi connectivity index (χ0) is 19.1. The Morgan fingerprint density at radius 3 is 2.37 bits per heavy atom. The van der Waals surface area contributed by atoms with Gasteiger partial charge in [-0.2, -0.15) is 0 Å². The quantitative estimate of drug-likeness (QED) is 0.690. The number of para-hydroxylation sites is 1. The molecule has 0 aliphatic heterocycles. The van der Waals surface area contributed by atoms with E-state index in [4.69, 9.17) is 4.74 Å². The number of carbonyl (C=O) groups is 2. The zero-order valence-corrected chi connectivity index (χ0v) is 14.9. The van der Waals surface area contributed by atoms with Crippen LogP contribution in [0.15, 0.2) is 78.9 Å².